The average molecular weight is 281 g/mol. The maximum absolute atomic E-state index is 4.27. The van der Waals surface area contributed by atoms with Gasteiger partial charge >= 0.3 is 0 Å². The van der Waals surface area contributed by atoms with Gasteiger partial charge in [0.2, 0.25) is 0 Å². The molecule has 14 heavy (non-hydrogen) atoms. The molecule has 0 radical (unpaired) electrons. The van der Waals surface area contributed by atoms with E-state index in [1.165, 1.54) is 0 Å². The summed E-state index contributed by atoms with van der Waals surface area (Å²) in [5.41, 5.74) is 0. The molecule has 1 fully saturated rings. The van der Waals surface area contributed by atoms with E-state index in [0.29, 0.717) is 12.1 Å². The van der Waals surface area contributed by atoms with Crippen molar-refractivity contribution in [1.29, 1.82) is 0 Å². The van der Waals surface area contributed by atoms with Crippen molar-refractivity contribution in [2.24, 2.45) is 0 Å². The summed E-state index contributed by atoms with van der Waals surface area (Å²) < 4.78 is 3.11. The summed E-state index contributed by atoms with van der Waals surface area (Å²) in [5, 5.41) is 4.27. The average Bonchev–Trinajstić information content (AvgIpc) is 2.31. The largest absolute Gasteiger partial charge is 0.297 e. The van der Waals surface area contributed by atoms with Crippen LogP contribution in [0.25, 0.3) is 0 Å². The summed E-state index contributed by atoms with van der Waals surface area (Å²) in [6.07, 6.45) is 3.89. The Morgan fingerprint density at radius 3 is 2.57 bits per heavy atom. The minimum Gasteiger partial charge on any atom is -0.297 e. The standard InChI is InChI=1S/C9H14BrN3.ClH/c1-7(2)12-5-9(6-12)13-4-8(10)3-11-13;/h3-4,7,9H,5-6H2,1-2H3;1H. The van der Waals surface area contributed by atoms with Gasteiger partial charge in [-0.3, -0.25) is 9.58 Å². The second-order valence-electron chi connectivity index (χ2n) is 3.84. The molecule has 1 saturated heterocycles. The van der Waals surface area contributed by atoms with Crippen molar-refractivity contribution in [3.63, 3.8) is 0 Å². The van der Waals surface area contributed by atoms with Gasteiger partial charge in [-0.2, -0.15) is 5.10 Å². The lowest BCUT2D eigenvalue weighted by Crippen LogP contribution is -2.50. The van der Waals surface area contributed by atoms with Crippen LogP contribution in [0.4, 0.5) is 0 Å². The maximum atomic E-state index is 4.27. The van der Waals surface area contributed by atoms with Crippen molar-refractivity contribution in [3.05, 3.63) is 16.9 Å². The molecule has 0 N–H and O–H groups in total. The Kier molecular flexibility index (Phi) is 3.98. The van der Waals surface area contributed by atoms with E-state index >= 15 is 0 Å². The van der Waals surface area contributed by atoms with E-state index in [1.54, 1.807) is 0 Å². The van der Waals surface area contributed by atoms with Crippen molar-refractivity contribution in [1.82, 2.24) is 14.7 Å². The Hall–Kier alpha value is -0.0600. The molecule has 0 aromatic carbocycles. The van der Waals surface area contributed by atoms with Gasteiger partial charge in [0.15, 0.2) is 0 Å². The summed E-state index contributed by atoms with van der Waals surface area (Å²) in [7, 11) is 0. The summed E-state index contributed by atoms with van der Waals surface area (Å²) >= 11 is 3.40. The number of rotatable bonds is 2. The van der Waals surface area contributed by atoms with Gasteiger partial charge in [0.1, 0.15) is 0 Å². The number of hydrogen-bond acceptors (Lipinski definition) is 2. The van der Waals surface area contributed by atoms with Crippen LogP contribution < -0.4 is 0 Å². The molecule has 0 bridgehead atoms. The van der Waals surface area contributed by atoms with Crippen LogP contribution in [-0.2, 0) is 0 Å². The van der Waals surface area contributed by atoms with Crippen molar-refractivity contribution < 1.29 is 0 Å². The molecule has 1 aliphatic heterocycles. The smallest absolute Gasteiger partial charge is 0.0773 e. The fourth-order valence-corrected chi connectivity index (χ4v) is 1.89. The van der Waals surface area contributed by atoms with Crippen LogP contribution in [0.3, 0.4) is 0 Å². The van der Waals surface area contributed by atoms with Crippen molar-refractivity contribution in [2.75, 3.05) is 13.1 Å². The number of nitrogens with zero attached hydrogens (tertiary/aromatic N) is 3. The van der Waals surface area contributed by atoms with Gasteiger partial charge in [0.05, 0.1) is 16.7 Å². The Labute approximate surface area is 99.0 Å². The van der Waals surface area contributed by atoms with E-state index in [4.69, 9.17) is 0 Å². The van der Waals surface area contributed by atoms with Crippen molar-refractivity contribution in [2.45, 2.75) is 25.9 Å². The highest BCUT2D eigenvalue weighted by atomic mass is 79.9. The van der Waals surface area contributed by atoms with Gasteiger partial charge in [-0.05, 0) is 29.8 Å². The minimum atomic E-state index is 0. The first kappa shape index (κ1) is 12.0. The molecule has 2 heterocycles. The Morgan fingerprint density at radius 1 is 1.50 bits per heavy atom. The fraction of sp³-hybridized carbons (Fsp3) is 0.667. The quantitative estimate of drug-likeness (QED) is 0.829. The van der Waals surface area contributed by atoms with E-state index in [2.05, 4.69) is 39.8 Å². The molecule has 0 saturated carbocycles. The molecular formula is C9H15BrClN3. The SMILES string of the molecule is CC(C)N1CC(n2cc(Br)cn2)C1.Cl. The molecule has 5 heteroatoms. The first-order chi connectivity index (χ1) is 6.16. The third-order valence-electron chi connectivity index (χ3n) is 2.56. The summed E-state index contributed by atoms with van der Waals surface area (Å²) in [6, 6.07) is 1.24. The zero-order chi connectivity index (χ0) is 9.42. The molecule has 80 valence electrons. The molecule has 0 atom stereocenters. The number of halogens is 2. The molecule has 1 aliphatic rings. The van der Waals surface area contributed by atoms with E-state index < -0.39 is 0 Å². The van der Waals surface area contributed by atoms with Crippen LogP contribution in [0.1, 0.15) is 19.9 Å². The molecule has 0 aliphatic carbocycles. The van der Waals surface area contributed by atoms with Crippen LogP contribution >= 0.6 is 28.3 Å². The van der Waals surface area contributed by atoms with Gasteiger partial charge in [0, 0.05) is 25.3 Å². The molecule has 3 nitrogen and oxygen atoms in total. The van der Waals surface area contributed by atoms with Crippen molar-refractivity contribution >= 4 is 28.3 Å². The molecule has 2 rings (SSSR count). The third-order valence-corrected chi connectivity index (χ3v) is 2.97. The first-order valence-corrected chi connectivity index (χ1v) is 5.40. The number of likely N-dealkylation sites (tertiary alicyclic amines) is 1. The van der Waals surface area contributed by atoms with Gasteiger partial charge in [-0.15, -0.1) is 12.4 Å². The summed E-state index contributed by atoms with van der Waals surface area (Å²) in [4.78, 5) is 2.44. The van der Waals surface area contributed by atoms with E-state index in [0.717, 1.165) is 17.6 Å². The first-order valence-electron chi connectivity index (χ1n) is 4.60. The van der Waals surface area contributed by atoms with Gasteiger partial charge < -0.3 is 0 Å². The maximum Gasteiger partial charge on any atom is 0.0773 e. The van der Waals surface area contributed by atoms with E-state index in [9.17, 15) is 0 Å². The highest BCUT2D eigenvalue weighted by molar-refractivity contribution is 9.10. The lowest BCUT2D eigenvalue weighted by atomic mass is 10.1. The van der Waals surface area contributed by atoms with Gasteiger partial charge in [-0.1, -0.05) is 0 Å². The summed E-state index contributed by atoms with van der Waals surface area (Å²) in [5.74, 6) is 0. The Balaban J connectivity index is 0.000000980. The van der Waals surface area contributed by atoms with Crippen molar-refractivity contribution in [3.8, 4) is 0 Å². The lowest BCUT2D eigenvalue weighted by Gasteiger charge is -2.41. The number of hydrogen-bond donors (Lipinski definition) is 0. The predicted octanol–water partition coefficient (Wildman–Crippen LogP) is 2.33. The second-order valence-corrected chi connectivity index (χ2v) is 4.76. The van der Waals surface area contributed by atoms with E-state index in [1.807, 2.05) is 17.1 Å². The van der Waals surface area contributed by atoms with Crippen LogP contribution in [0.2, 0.25) is 0 Å². The third kappa shape index (κ3) is 2.30. The zero-order valence-corrected chi connectivity index (χ0v) is 10.8. The molecule has 1 aromatic heterocycles. The molecule has 1 aromatic rings. The van der Waals surface area contributed by atoms with Crippen LogP contribution in [0.5, 0.6) is 0 Å². The number of aromatic nitrogens is 2. The van der Waals surface area contributed by atoms with Crippen LogP contribution in [0.15, 0.2) is 16.9 Å². The monoisotopic (exact) mass is 279 g/mol. The van der Waals surface area contributed by atoms with Crippen LogP contribution in [-0.4, -0.2) is 33.8 Å². The Morgan fingerprint density at radius 2 is 2.14 bits per heavy atom. The molecule has 0 spiro atoms. The lowest BCUT2D eigenvalue weighted by molar-refractivity contribution is 0.0675. The normalized spacial score (nSPS) is 18.0. The second kappa shape index (κ2) is 4.64. The Bertz CT molecular complexity index is 294. The summed E-state index contributed by atoms with van der Waals surface area (Å²) in [6.45, 7) is 6.72. The van der Waals surface area contributed by atoms with Gasteiger partial charge in [-0.25, -0.2) is 0 Å². The minimum absolute atomic E-state index is 0. The highest BCUT2D eigenvalue weighted by Crippen LogP contribution is 2.23. The van der Waals surface area contributed by atoms with Crippen LogP contribution in [0, 0.1) is 0 Å². The topological polar surface area (TPSA) is 21.1 Å². The van der Waals surface area contributed by atoms with E-state index in [-0.39, 0.29) is 12.4 Å². The highest BCUT2D eigenvalue weighted by Gasteiger charge is 2.29. The fourth-order valence-electron chi connectivity index (χ4n) is 1.59. The molecule has 0 amide bonds. The molecular weight excluding hydrogens is 265 g/mol. The predicted molar refractivity (Wildman–Crippen MR) is 62.9 cm³/mol. The zero-order valence-electron chi connectivity index (χ0n) is 8.35. The molecule has 0 unspecified atom stereocenters. The van der Waals surface area contributed by atoms with Gasteiger partial charge in [0.25, 0.3) is 0 Å².